The molecule has 1 heterocycles. The van der Waals surface area contributed by atoms with Gasteiger partial charge in [0, 0.05) is 6.20 Å². The van der Waals surface area contributed by atoms with Crippen LogP contribution in [0.25, 0.3) is 0 Å². The van der Waals surface area contributed by atoms with E-state index in [0.717, 1.165) is 12.3 Å². The molecule has 0 bridgehead atoms. The topological polar surface area (TPSA) is 122 Å². The molecular formula is C10H10FN3O4. The maximum atomic E-state index is 13.1. The van der Waals surface area contributed by atoms with Gasteiger partial charge >= 0.3 is 5.97 Å². The third-order valence-corrected chi connectivity index (χ3v) is 2.01. The largest absolute Gasteiger partial charge is 0.480 e. The molecule has 2 amide bonds. The van der Waals surface area contributed by atoms with E-state index in [0.29, 0.717) is 0 Å². The van der Waals surface area contributed by atoms with Gasteiger partial charge in [0.1, 0.15) is 6.04 Å². The maximum absolute atomic E-state index is 13.1. The van der Waals surface area contributed by atoms with Crippen LogP contribution in [0.4, 0.5) is 4.39 Å². The number of halogens is 1. The minimum absolute atomic E-state index is 0.409. The van der Waals surface area contributed by atoms with Crippen molar-refractivity contribution in [1.29, 1.82) is 0 Å². The number of hydrogen-bond acceptors (Lipinski definition) is 4. The molecule has 0 saturated heterocycles. The highest BCUT2D eigenvalue weighted by molar-refractivity contribution is 5.97. The van der Waals surface area contributed by atoms with Crippen molar-refractivity contribution in [3.05, 3.63) is 29.8 Å². The van der Waals surface area contributed by atoms with E-state index in [4.69, 9.17) is 10.8 Å². The Bertz CT molecular complexity index is 492. The second-order valence-electron chi connectivity index (χ2n) is 3.38. The van der Waals surface area contributed by atoms with Crippen LogP contribution in [0, 0.1) is 5.95 Å². The van der Waals surface area contributed by atoms with Crippen LogP contribution in [0.5, 0.6) is 0 Å². The predicted molar refractivity (Wildman–Crippen MR) is 56.9 cm³/mol. The van der Waals surface area contributed by atoms with E-state index in [-0.39, 0.29) is 0 Å². The molecule has 0 aliphatic rings. The summed E-state index contributed by atoms with van der Waals surface area (Å²) in [6.07, 6.45) is 0.563. The quantitative estimate of drug-likeness (QED) is 0.599. The van der Waals surface area contributed by atoms with Gasteiger partial charge in [-0.25, -0.2) is 9.78 Å². The molecule has 0 saturated carbocycles. The Morgan fingerprint density at radius 3 is 2.67 bits per heavy atom. The Balaban J connectivity index is 2.82. The van der Waals surface area contributed by atoms with Crippen molar-refractivity contribution in [1.82, 2.24) is 10.3 Å². The molecule has 0 aliphatic heterocycles. The molecule has 96 valence electrons. The lowest BCUT2D eigenvalue weighted by Crippen LogP contribution is -2.43. The molecule has 0 aromatic carbocycles. The van der Waals surface area contributed by atoms with E-state index in [1.54, 1.807) is 0 Å². The first kappa shape index (κ1) is 13.6. The molecular weight excluding hydrogens is 245 g/mol. The monoisotopic (exact) mass is 255 g/mol. The van der Waals surface area contributed by atoms with Crippen LogP contribution >= 0.6 is 0 Å². The number of amides is 2. The Hall–Kier alpha value is -2.51. The van der Waals surface area contributed by atoms with Crippen LogP contribution in [0.3, 0.4) is 0 Å². The van der Waals surface area contributed by atoms with Gasteiger partial charge in [0.05, 0.1) is 12.0 Å². The van der Waals surface area contributed by atoms with E-state index in [9.17, 15) is 18.8 Å². The number of rotatable bonds is 5. The molecule has 0 aliphatic carbocycles. The fourth-order valence-corrected chi connectivity index (χ4v) is 1.19. The number of hydrogen-bond donors (Lipinski definition) is 3. The lowest BCUT2D eigenvalue weighted by Gasteiger charge is -2.12. The van der Waals surface area contributed by atoms with E-state index in [2.05, 4.69) is 4.98 Å². The van der Waals surface area contributed by atoms with Crippen LogP contribution in [-0.2, 0) is 9.59 Å². The van der Waals surface area contributed by atoms with E-state index in [1.165, 1.54) is 6.07 Å². The second kappa shape index (κ2) is 5.71. The Kier molecular flexibility index (Phi) is 4.30. The van der Waals surface area contributed by atoms with E-state index >= 15 is 0 Å². The molecule has 0 radical (unpaired) electrons. The maximum Gasteiger partial charge on any atom is 0.326 e. The third kappa shape index (κ3) is 3.51. The van der Waals surface area contributed by atoms with Gasteiger partial charge in [0.25, 0.3) is 5.91 Å². The lowest BCUT2D eigenvalue weighted by atomic mass is 10.1. The lowest BCUT2D eigenvalue weighted by molar-refractivity contribution is -0.140. The molecule has 1 unspecified atom stereocenters. The van der Waals surface area contributed by atoms with Crippen LogP contribution in [-0.4, -0.2) is 33.9 Å². The highest BCUT2D eigenvalue weighted by atomic mass is 19.1. The van der Waals surface area contributed by atoms with Crippen molar-refractivity contribution < 1.29 is 23.9 Å². The van der Waals surface area contributed by atoms with Crippen molar-refractivity contribution in [3.8, 4) is 0 Å². The number of carbonyl (C=O) groups excluding carboxylic acids is 2. The molecule has 1 atom stereocenters. The number of nitrogens with two attached hydrogens (primary N) is 1. The minimum Gasteiger partial charge on any atom is -0.480 e. The summed E-state index contributed by atoms with van der Waals surface area (Å²) in [6.45, 7) is 0. The first-order valence-electron chi connectivity index (χ1n) is 4.84. The highest BCUT2D eigenvalue weighted by Gasteiger charge is 2.24. The van der Waals surface area contributed by atoms with Crippen molar-refractivity contribution >= 4 is 17.8 Å². The smallest absolute Gasteiger partial charge is 0.326 e. The molecule has 0 fully saturated rings. The highest BCUT2D eigenvalue weighted by Crippen LogP contribution is 2.04. The predicted octanol–water partition coefficient (Wildman–Crippen LogP) is -0.721. The van der Waals surface area contributed by atoms with Crippen LogP contribution in [0.2, 0.25) is 0 Å². The number of aliphatic carboxylic acids is 1. The van der Waals surface area contributed by atoms with Gasteiger partial charge in [-0.1, -0.05) is 0 Å². The second-order valence-corrected chi connectivity index (χ2v) is 3.38. The number of carbonyl (C=O) groups is 3. The summed E-state index contributed by atoms with van der Waals surface area (Å²) in [5.74, 6) is -4.34. The molecule has 1 rings (SSSR count). The zero-order valence-electron chi connectivity index (χ0n) is 9.09. The van der Waals surface area contributed by atoms with E-state index < -0.39 is 41.8 Å². The molecule has 1 aromatic heterocycles. The number of carboxylic acids is 1. The third-order valence-electron chi connectivity index (χ3n) is 2.01. The van der Waals surface area contributed by atoms with Crippen molar-refractivity contribution in [3.63, 3.8) is 0 Å². The average molecular weight is 255 g/mol. The number of carboxylic acid groups (broad SMARTS) is 1. The standard InChI is InChI=1S/C10H10FN3O4/c11-8-5(2-1-3-13-8)9(16)14-6(10(17)18)4-7(12)15/h1-3,6H,4H2,(H2,12,15)(H,14,16)(H,17,18). The normalized spacial score (nSPS) is 11.6. The number of nitrogens with one attached hydrogen (secondary N) is 1. The number of pyridine rings is 1. The van der Waals surface area contributed by atoms with Gasteiger partial charge in [-0.3, -0.25) is 9.59 Å². The molecule has 4 N–H and O–H groups in total. The summed E-state index contributed by atoms with van der Waals surface area (Å²) in [5.41, 5.74) is 4.43. The van der Waals surface area contributed by atoms with Crippen molar-refractivity contribution in [2.75, 3.05) is 0 Å². The molecule has 18 heavy (non-hydrogen) atoms. The Morgan fingerprint density at radius 2 is 2.17 bits per heavy atom. The first-order chi connectivity index (χ1) is 8.41. The van der Waals surface area contributed by atoms with Gasteiger partial charge in [-0.15, -0.1) is 0 Å². The Labute approximate surface area is 101 Å². The summed E-state index contributed by atoms with van der Waals surface area (Å²) in [4.78, 5) is 36.2. The average Bonchev–Trinajstić information content (AvgIpc) is 2.27. The van der Waals surface area contributed by atoms with Gasteiger partial charge in [-0.2, -0.15) is 4.39 Å². The number of primary amides is 1. The Morgan fingerprint density at radius 1 is 1.50 bits per heavy atom. The van der Waals surface area contributed by atoms with Crippen LogP contribution in [0.15, 0.2) is 18.3 Å². The summed E-state index contributed by atoms with van der Waals surface area (Å²) in [6, 6.07) is 0.956. The SMILES string of the molecule is NC(=O)CC(NC(=O)c1cccnc1F)C(=O)O. The molecule has 0 spiro atoms. The van der Waals surface area contributed by atoms with Gasteiger partial charge in [-0.05, 0) is 12.1 Å². The van der Waals surface area contributed by atoms with Gasteiger partial charge in [0.2, 0.25) is 11.9 Å². The van der Waals surface area contributed by atoms with Gasteiger partial charge < -0.3 is 16.2 Å². The zero-order valence-corrected chi connectivity index (χ0v) is 9.09. The number of nitrogens with zero attached hydrogens (tertiary/aromatic N) is 1. The van der Waals surface area contributed by atoms with Crippen LogP contribution < -0.4 is 11.1 Å². The molecule has 8 heteroatoms. The van der Waals surface area contributed by atoms with Gasteiger partial charge in [0.15, 0.2) is 0 Å². The van der Waals surface area contributed by atoms with Crippen molar-refractivity contribution in [2.24, 2.45) is 5.73 Å². The summed E-state index contributed by atoms with van der Waals surface area (Å²) < 4.78 is 13.1. The molecule has 7 nitrogen and oxygen atoms in total. The zero-order chi connectivity index (χ0) is 13.7. The fourth-order valence-electron chi connectivity index (χ4n) is 1.19. The number of aromatic nitrogens is 1. The summed E-state index contributed by atoms with van der Waals surface area (Å²) >= 11 is 0. The van der Waals surface area contributed by atoms with E-state index in [1.807, 2.05) is 5.32 Å². The van der Waals surface area contributed by atoms with Crippen molar-refractivity contribution in [2.45, 2.75) is 12.5 Å². The summed E-state index contributed by atoms with van der Waals surface area (Å²) in [7, 11) is 0. The molecule has 1 aromatic rings. The minimum atomic E-state index is -1.50. The summed E-state index contributed by atoms with van der Waals surface area (Å²) in [5, 5.41) is 10.7. The van der Waals surface area contributed by atoms with Crippen LogP contribution in [0.1, 0.15) is 16.8 Å². The first-order valence-corrected chi connectivity index (χ1v) is 4.84. The fraction of sp³-hybridized carbons (Fsp3) is 0.200.